The number of rotatable bonds is 4. The number of hydrogen-bond acceptors (Lipinski definition) is 2. The van der Waals surface area contributed by atoms with Crippen LogP contribution in [0.5, 0.6) is 0 Å². The van der Waals surface area contributed by atoms with Crippen LogP contribution in [-0.2, 0) is 11.3 Å². The van der Waals surface area contributed by atoms with Crippen molar-refractivity contribution in [3.8, 4) is 0 Å². The van der Waals surface area contributed by atoms with Gasteiger partial charge in [0, 0.05) is 13.1 Å². The van der Waals surface area contributed by atoms with Gasteiger partial charge in [0.15, 0.2) is 0 Å². The maximum Gasteiger partial charge on any atom is 0.310 e. The van der Waals surface area contributed by atoms with Crippen LogP contribution in [0.4, 0.5) is 0 Å². The number of likely N-dealkylation sites (tertiary alicyclic amines) is 1. The number of piperidine rings is 1. The summed E-state index contributed by atoms with van der Waals surface area (Å²) in [6.45, 7) is 8.77. The number of hydrogen-bond donors (Lipinski definition) is 1. The fraction of sp³-hybridized carbons (Fsp3) is 0.588. The average Bonchev–Trinajstić information content (AvgIpc) is 2.43. The molecule has 0 amide bonds. The quantitative estimate of drug-likeness (QED) is 0.915. The molecule has 1 atom stereocenters. The van der Waals surface area contributed by atoms with Gasteiger partial charge in [0.25, 0.3) is 0 Å². The largest absolute Gasteiger partial charge is 0.481 e. The molecular weight excluding hydrogens is 250 g/mol. The molecule has 0 radical (unpaired) electrons. The number of carbonyl (C=O) groups is 1. The Hall–Kier alpha value is -1.35. The van der Waals surface area contributed by atoms with E-state index in [0.29, 0.717) is 13.0 Å². The van der Waals surface area contributed by atoms with Crippen molar-refractivity contribution >= 4 is 5.97 Å². The summed E-state index contributed by atoms with van der Waals surface area (Å²) in [6.07, 6.45) is 2.50. The van der Waals surface area contributed by atoms with Crippen LogP contribution in [-0.4, -0.2) is 29.1 Å². The Bertz CT molecular complexity index is 498. The van der Waals surface area contributed by atoms with Gasteiger partial charge in [-0.3, -0.25) is 9.69 Å². The number of carboxylic acids is 1. The van der Waals surface area contributed by atoms with E-state index in [2.05, 4.69) is 36.9 Å². The second kappa shape index (κ2) is 5.96. The summed E-state index contributed by atoms with van der Waals surface area (Å²) in [5, 5.41) is 9.53. The molecule has 1 heterocycles. The van der Waals surface area contributed by atoms with Gasteiger partial charge in [-0.1, -0.05) is 25.1 Å². The van der Waals surface area contributed by atoms with Gasteiger partial charge in [-0.15, -0.1) is 0 Å². The lowest BCUT2D eigenvalue weighted by atomic mass is 9.77. The molecule has 1 saturated heterocycles. The van der Waals surface area contributed by atoms with Crippen molar-refractivity contribution in [2.24, 2.45) is 5.41 Å². The highest BCUT2D eigenvalue weighted by Gasteiger charge is 2.40. The van der Waals surface area contributed by atoms with E-state index in [4.69, 9.17) is 0 Å². The van der Waals surface area contributed by atoms with E-state index in [1.165, 1.54) is 16.7 Å². The molecule has 2 rings (SSSR count). The number of carboxylic acid groups (broad SMARTS) is 1. The second-order valence-electron chi connectivity index (χ2n) is 6.17. The van der Waals surface area contributed by atoms with Crippen LogP contribution in [0.1, 0.15) is 42.9 Å². The third kappa shape index (κ3) is 3.04. The van der Waals surface area contributed by atoms with Gasteiger partial charge in [0.1, 0.15) is 0 Å². The van der Waals surface area contributed by atoms with E-state index in [1.54, 1.807) is 0 Å². The zero-order chi connectivity index (χ0) is 14.8. The van der Waals surface area contributed by atoms with Crippen LogP contribution in [0.25, 0.3) is 0 Å². The maximum atomic E-state index is 11.6. The Morgan fingerprint density at radius 3 is 2.70 bits per heavy atom. The van der Waals surface area contributed by atoms with Crippen LogP contribution in [0.3, 0.4) is 0 Å². The standard InChI is InChI=1S/C17H25NO2/c1-4-17(16(19)20)8-5-9-18(12-17)11-15-7-6-13(2)14(3)10-15/h6-7,10H,4-5,8-9,11-12H2,1-3H3,(H,19,20). The molecule has 1 aromatic rings. The predicted molar refractivity (Wildman–Crippen MR) is 80.8 cm³/mol. The van der Waals surface area contributed by atoms with Crippen LogP contribution >= 0.6 is 0 Å². The fourth-order valence-electron chi connectivity index (χ4n) is 3.14. The van der Waals surface area contributed by atoms with Gasteiger partial charge >= 0.3 is 5.97 Å². The van der Waals surface area contributed by atoms with Gasteiger partial charge in [-0.05, 0) is 56.3 Å². The van der Waals surface area contributed by atoms with Crippen molar-refractivity contribution in [2.75, 3.05) is 13.1 Å². The van der Waals surface area contributed by atoms with Crippen molar-refractivity contribution < 1.29 is 9.90 Å². The molecule has 0 bridgehead atoms. The second-order valence-corrected chi connectivity index (χ2v) is 6.17. The predicted octanol–water partition coefficient (Wildman–Crippen LogP) is 3.38. The van der Waals surface area contributed by atoms with E-state index < -0.39 is 11.4 Å². The van der Waals surface area contributed by atoms with Crippen molar-refractivity contribution in [2.45, 2.75) is 46.6 Å². The summed E-state index contributed by atoms with van der Waals surface area (Å²) in [7, 11) is 0. The lowest BCUT2D eigenvalue weighted by Gasteiger charge is -2.39. The minimum atomic E-state index is -0.634. The lowest BCUT2D eigenvalue weighted by Crippen LogP contribution is -2.47. The van der Waals surface area contributed by atoms with Gasteiger partial charge in [-0.25, -0.2) is 0 Å². The summed E-state index contributed by atoms with van der Waals surface area (Å²) in [6, 6.07) is 6.53. The molecule has 1 aliphatic heterocycles. The Morgan fingerprint density at radius 2 is 2.10 bits per heavy atom. The van der Waals surface area contributed by atoms with Gasteiger partial charge < -0.3 is 5.11 Å². The summed E-state index contributed by atoms with van der Waals surface area (Å²) < 4.78 is 0. The summed E-state index contributed by atoms with van der Waals surface area (Å²) in [4.78, 5) is 13.9. The molecule has 0 saturated carbocycles. The third-order valence-corrected chi connectivity index (χ3v) is 4.76. The van der Waals surface area contributed by atoms with E-state index in [1.807, 2.05) is 6.92 Å². The van der Waals surface area contributed by atoms with E-state index in [0.717, 1.165) is 25.9 Å². The molecule has 0 aliphatic carbocycles. The number of aliphatic carboxylic acids is 1. The van der Waals surface area contributed by atoms with Crippen molar-refractivity contribution in [1.29, 1.82) is 0 Å². The zero-order valence-electron chi connectivity index (χ0n) is 12.8. The molecule has 3 heteroatoms. The van der Waals surface area contributed by atoms with Crippen LogP contribution in [0, 0.1) is 19.3 Å². The first-order valence-corrected chi connectivity index (χ1v) is 7.49. The topological polar surface area (TPSA) is 40.5 Å². The van der Waals surface area contributed by atoms with Gasteiger partial charge in [0.05, 0.1) is 5.41 Å². The van der Waals surface area contributed by atoms with Crippen LogP contribution in [0.15, 0.2) is 18.2 Å². The molecule has 1 fully saturated rings. The Balaban J connectivity index is 2.09. The summed E-state index contributed by atoms with van der Waals surface area (Å²) in [5.41, 5.74) is 3.35. The Labute approximate surface area is 121 Å². The molecule has 110 valence electrons. The fourth-order valence-corrected chi connectivity index (χ4v) is 3.14. The molecule has 3 nitrogen and oxygen atoms in total. The van der Waals surface area contributed by atoms with Crippen LogP contribution in [0.2, 0.25) is 0 Å². The van der Waals surface area contributed by atoms with Crippen molar-refractivity contribution in [1.82, 2.24) is 4.90 Å². The molecule has 1 aromatic carbocycles. The first-order valence-electron chi connectivity index (χ1n) is 7.49. The first kappa shape index (κ1) is 15.0. The molecule has 20 heavy (non-hydrogen) atoms. The number of nitrogens with zero attached hydrogens (tertiary/aromatic N) is 1. The molecule has 1 aliphatic rings. The Kier molecular flexibility index (Phi) is 4.48. The monoisotopic (exact) mass is 275 g/mol. The van der Waals surface area contributed by atoms with E-state index >= 15 is 0 Å². The third-order valence-electron chi connectivity index (χ3n) is 4.76. The Morgan fingerprint density at radius 1 is 1.35 bits per heavy atom. The van der Waals surface area contributed by atoms with Crippen molar-refractivity contribution in [3.05, 3.63) is 34.9 Å². The highest BCUT2D eigenvalue weighted by atomic mass is 16.4. The minimum Gasteiger partial charge on any atom is -0.481 e. The smallest absolute Gasteiger partial charge is 0.310 e. The molecule has 0 aromatic heterocycles. The molecule has 1 N–H and O–H groups in total. The first-order chi connectivity index (χ1) is 9.47. The maximum absolute atomic E-state index is 11.6. The highest BCUT2D eigenvalue weighted by Crippen LogP contribution is 2.34. The normalized spacial score (nSPS) is 23.8. The van der Waals surface area contributed by atoms with E-state index in [9.17, 15) is 9.90 Å². The van der Waals surface area contributed by atoms with Gasteiger partial charge in [-0.2, -0.15) is 0 Å². The zero-order valence-corrected chi connectivity index (χ0v) is 12.8. The average molecular weight is 275 g/mol. The van der Waals surface area contributed by atoms with Crippen molar-refractivity contribution in [3.63, 3.8) is 0 Å². The number of aryl methyl sites for hydroxylation is 2. The minimum absolute atomic E-state index is 0.544. The van der Waals surface area contributed by atoms with E-state index in [-0.39, 0.29) is 0 Å². The lowest BCUT2D eigenvalue weighted by molar-refractivity contribution is -0.153. The summed E-state index contributed by atoms with van der Waals surface area (Å²) >= 11 is 0. The molecular formula is C17H25NO2. The summed E-state index contributed by atoms with van der Waals surface area (Å²) in [5.74, 6) is -0.634. The SMILES string of the molecule is CCC1(C(=O)O)CCCN(Cc2ccc(C)c(C)c2)C1. The number of benzene rings is 1. The highest BCUT2D eigenvalue weighted by molar-refractivity contribution is 5.75. The molecule has 1 unspecified atom stereocenters. The van der Waals surface area contributed by atoms with Crippen LogP contribution < -0.4 is 0 Å². The molecule has 0 spiro atoms. The van der Waals surface area contributed by atoms with Gasteiger partial charge in [0.2, 0.25) is 0 Å².